The molecule has 0 fully saturated rings. The third-order valence-electron chi connectivity index (χ3n) is 2.34. The van der Waals surface area contributed by atoms with Crippen LogP contribution in [0, 0.1) is 0 Å². The topological polar surface area (TPSA) is 26.0 Å². The summed E-state index contributed by atoms with van der Waals surface area (Å²) < 4.78 is 2.20. The number of hydrogen-bond donors (Lipinski definition) is 1. The molecule has 0 atom stereocenters. The maximum atomic E-state index is 5.94. The van der Waals surface area contributed by atoms with Gasteiger partial charge in [0.15, 0.2) is 0 Å². The van der Waals surface area contributed by atoms with Gasteiger partial charge in [-0.2, -0.15) is 0 Å². The average Bonchev–Trinajstić information content (AvgIpc) is 2.48. The van der Waals surface area contributed by atoms with E-state index in [2.05, 4.69) is 31.9 Å². The Labute approximate surface area is 105 Å². The zero-order chi connectivity index (χ0) is 8.72. The van der Waals surface area contributed by atoms with E-state index in [4.69, 9.17) is 5.73 Å². The molecule has 0 aliphatic heterocycles. The molecule has 0 bridgehead atoms. The van der Waals surface area contributed by atoms with E-state index >= 15 is 0 Å². The number of benzene rings is 1. The van der Waals surface area contributed by atoms with E-state index in [1.54, 1.807) is 0 Å². The lowest BCUT2D eigenvalue weighted by Crippen LogP contribution is -1.95. The Morgan fingerprint density at radius 3 is 2.38 bits per heavy atom. The zero-order valence-electron chi connectivity index (χ0n) is 6.94. The Kier molecular flexibility index (Phi) is 3.83. The van der Waals surface area contributed by atoms with Gasteiger partial charge in [-0.05, 0) is 52.4 Å². The fourth-order valence-electron chi connectivity index (χ4n) is 1.72. The number of nitrogens with two attached hydrogens (primary N) is 1. The number of halogens is 3. The fourth-order valence-corrected chi connectivity index (χ4v) is 3.17. The molecule has 2 rings (SSSR count). The van der Waals surface area contributed by atoms with Crippen molar-refractivity contribution in [1.29, 1.82) is 0 Å². The van der Waals surface area contributed by atoms with E-state index in [-0.39, 0.29) is 17.0 Å². The second-order valence-electron chi connectivity index (χ2n) is 3.06. The van der Waals surface area contributed by atoms with Gasteiger partial charge in [0.2, 0.25) is 0 Å². The van der Waals surface area contributed by atoms with Crippen molar-refractivity contribution in [1.82, 2.24) is 0 Å². The summed E-state index contributed by atoms with van der Waals surface area (Å²) >= 11 is 6.99. The molecule has 1 aromatic rings. The first-order chi connectivity index (χ1) is 5.70. The van der Waals surface area contributed by atoms with Crippen LogP contribution in [0.2, 0.25) is 0 Å². The predicted octanol–water partition coefficient (Wildman–Crippen LogP) is 3.86. The Hall–Kier alpha value is 0.460. The van der Waals surface area contributed by atoms with Gasteiger partial charge in [0, 0.05) is 14.6 Å². The summed E-state index contributed by atoms with van der Waals surface area (Å²) in [5, 5.41) is 0. The predicted molar refractivity (Wildman–Crippen MR) is 68.6 cm³/mol. The van der Waals surface area contributed by atoms with Crippen molar-refractivity contribution in [2.24, 2.45) is 0 Å². The van der Waals surface area contributed by atoms with Gasteiger partial charge >= 0.3 is 0 Å². The monoisotopic (exact) mass is 369 g/mol. The second kappa shape index (κ2) is 4.32. The first kappa shape index (κ1) is 11.5. The van der Waals surface area contributed by atoms with Crippen LogP contribution in [-0.2, 0) is 12.8 Å². The van der Waals surface area contributed by atoms with Crippen LogP contribution in [0.4, 0.5) is 5.69 Å². The first-order valence-electron chi connectivity index (χ1n) is 3.95. The normalized spacial score (nSPS) is 13.7. The summed E-state index contributed by atoms with van der Waals surface area (Å²) in [7, 11) is 0. The lowest BCUT2D eigenvalue weighted by molar-refractivity contribution is 0.911. The van der Waals surface area contributed by atoms with Crippen LogP contribution >= 0.6 is 48.8 Å². The number of fused-ring (bicyclic) bond motifs is 1. The van der Waals surface area contributed by atoms with Crippen LogP contribution in [-0.4, -0.2) is 0 Å². The van der Waals surface area contributed by atoms with Gasteiger partial charge in [-0.3, -0.25) is 0 Å². The molecule has 4 heteroatoms. The summed E-state index contributed by atoms with van der Waals surface area (Å²) in [5.41, 5.74) is 9.59. The van der Waals surface area contributed by atoms with E-state index in [0.29, 0.717) is 0 Å². The highest BCUT2D eigenvalue weighted by Crippen LogP contribution is 2.37. The standard InChI is InChI=1S/C9H9Br2N.BrH/c10-7-4-8(11)9(12)6-3-1-2-5(6)7;/h4H,1-3,12H2;1H. The Bertz CT molecular complexity index is 336. The maximum Gasteiger partial charge on any atom is 0.0494 e. The molecule has 1 nitrogen and oxygen atoms in total. The molecule has 1 aromatic carbocycles. The summed E-state index contributed by atoms with van der Waals surface area (Å²) in [6.45, 7) is 0. The molecule has 0 heterocycles. The summed E-state index contributed by atoms with van der Waals surface area (Å²) in [4.78, 5) is 0. The van der Waals surface area contributed by atoms with E-state index in [9.17, 15) is 0 Å². The molecule has 2 N–H and O–H groups in total. The molecule has 13 heavy (non-hydrogen) atoms. The second-order valence-corrected chi connectivity index (χ2v) is 4.77. The molecule has 1 aliphatic rings. The van der Waals surface area contributed by atoms with Crippen molar-refractivity contribution < 1.29 is 0 Å². The highest BCUT2D eigenvalue weighted by atomic mass is 79.9. The van der Waals surface area contributed by atoms with Crippen molar-refractivity contribution in [2.45, 2.75) is 19.3 Å². The Balaban J connectivity index is 0.000000845. The zero-order valence-corrected chi connectivity index (χ0v) is 11.8. The van der Waals surface area contributed by atoms with Crippen LogP contribution in [0.3, 0.4) is 0 Å². The van der Waals surface area contributed by atoms with Crippen molar-refractivity contribution in [3.8, 4) is 0 Å². The van der Waals surface area contributed by atoms with Gasteiger partial charge in [-0.25, -0.2) is 0 Å². The molecule has 72 valence electrons. The molecule has 0 saturated heterocycles. The quantitative estimate of drug-likeness (QED) is 0.688. The highest BCUT2D eigenvalue weighted by Gasteiger charge is 2.18. The van der Waals surface area contributed by atoms with Gasteiger partial charge in [-0.1, -0.05) is 15.9 Å². The summed E-state index contributed by atoms with van der Waals surface area (Å²) in [6.07, 6.45) is 3.52. The molecule has 0 saturated carbocycles. The molecule has 0 radical (unpaired) electrons. The third-order valence-corrected chi connectivity index (χ3v) is 3.71. The van der Waals surface area contributed by atoms with Gasteiger partial charge < -0.3 is 5.73 Å². The number of hydrogen-bond acceptors (Lipinski definition) is 1. The van der Waals surface area contributed by atoms with Crippen LogP contribution in [0.5, 0.6) is 0 Å². The van der Waals surface area contributed by atoms with Crippen molar-refractivity contribution in [3.05, 3.63) is 26.1 Å². The minimum atomic E-state index is 0. The molecular formula is C9H10Br3N. The minimum absolute atomic E-state index is 0. The molecule has 1 aliphatic carbocycles. The number of rotatable bonds is 0. The fraction of sp³-hybridized carbons (Fsp3) is 0.333. The minimum Gasteiger partial charge on any atom is -0.398 e. The van der Waals surface area contributed by atoms with Crippen molar-refractivity contribution in [2.75, 3.05) is 5.73 Å². The smallest absolute Gasteiger partial charge is 0.0494 e. The Morgan fingerprint density at radius 1 is 1.08 bits per heavy atom. The van der Waals surface area contributed by atoms with Gasteiger partial charge in [0.1, 0.15) is 0 Å². The summed E-state index contributed by atoms with van der Waals surface area (Å²) in [6, 6.07) is 2.04. The van der Waals surface area contributed by atoms with E-state index in [1.165, 1.54) is 22.0 Å². The molecule has 0 amide bonds. The number of nitrogen functional groups attached to an aromatic ring is 1. The summed E-state index contributed by atoms with van der Waals surface area (Å²) in [5.74, 6) is 0. The third kappa shape index (κ3) is 1.95. The average molecular weight is 372 g/mol. The highest BCUT2D eigenvalue weighted by molar-refractivity contribution is 9.11. The largest absolute Gasteiger partial charge is 0.398 e. The van der Waals surface area contributed by atoms with Crippen LogP contribution in [0.15, 0.2) is 15.0 Å². The van der Waals surface area contributed by atoms with Crippen LogP contribution < -0.4 is 5.73 Å². The first-order valence-corrected chi connectivity index (χ1v) is 5.54. The molecular weight excluding hydrogens is 362 g/mol. The van der Waals surface area contributed by atoms with Crippen molar-refractivity contribution in [3.63, 3.8) is 0 Å². The lowest BCUT2D eigenvalue weighted by atomic mass is 10.1. The van der Waals surface area contributed by atoms with E-state index < -0.39 is 0 Å². The van der Waals surface area contributed by atoms with Crippen molar-refractivity contribution >= 4 is 54.5 Å². The van der Waals surface area contributed by atoms with E-state index in [0.717, 1.165) is 23.0 Å². The van der Waals surface area contributed by atoms with Crippen LogP contribution in [0.25, 0.3) is 0 Å². The molecule has 0 unspecified atom stereocenters. The van der Waals surface area contributed by atoms with Gasteiger partial charge in [0.25, 0.3) is 0 Å². The van der Waals surface area contributed by atoms with Crippen LogP contribution in [0.1, 0.15) is 17.5 Å². The molecule has 0 aromatic heterocycles. The lowest BCUT2D eigenvalue weighted by Gasteiger charge is -2.07. The van der Waals surface area contributed by atoms with Gasteiger partial charge in [0.05, 0.1) is 0 Å². The van der Waals surface area contributed by atoms with Gasteiger partial charge in [-0.15, -0.1) is 17.0 Å². The Morgan fingerprint density at radius 2 is 1.69 bits per heavy atom. The number of anilines is 1. The molecule has 0 spiro atoms. The maximum absolute atomic E-state index is 5.94. The van der Waals surface area contributed by atoms with E-state index in [1.807, 2.05) is 6.07 Å². The SMILES string of the molecule is Br.Nc1c(Br)cc(Br)c2c1CCC2.